The SMILES string of the molecule is Cc1n[nH]c(C)c1CNC(=O)C1CCCN(c2nc(-c3ccccc3)nc3c2CCC3)C1. The number of carbonyl (C=O) groups is 1. The fourth-order valence-corrected chi connectivity index (χ4v) is 4.93. The zero-order valence-electron chi connectivity index (χ0n) is 18.8. The van der Waals surface area contributed by atoms with E-state index < -0.39 is 0 Å². The van der Waals surface area contributed by atoms with Crippen LogP contribution in [-0.4, -0.2) is 39.2 Å². The topological polar surface area (TPSA) is 86.8 Å². The minimum absolute atomic E-state index is 0.0385. The second kappa shape index (κ2) is 8.73. The first-order valence-corrected chi connectivity index (χ1v) is 11.6. The number of nitrogens with one attached hydrogen (secondary N) is 2. The molecule has 1 saturated heterocycles. The second-order valence-electron chi connectivity index (χ2n) is 8.93. The lowest BCUT2D eigenvalue weighted by atomic mass is 9.96. The van der Waals surface area contributed by atoms with Crippen LogP contribution in [0.25, 0.3) is 11.4 Å². The van der Waals surface area contributed by atoms with E-state index in [1.165, 1.54) is 11.3 Å². The molecule has 1 aliphatic carbocycles. The predicted octanol–water partition coefficient (Wildman–Crippen LogP) is 3.51. The third kappa shape index (κ3) is 3.99. The molecule has 3 aromatic rings. The summed E-state index contributed by atoms with van der Waals surface area (Å²) >= 11 is 0. The van der Waals surface area contributed by atoms with E-state index in [2.05, 4.69) is 32.5 Å². The van der Waals surface area contributed by atoms with E-state index in [1.807, 2.05) is 32.0 Å². The summed E-state index contributed by atoms with van der Waals surface area (Å²) in [4.78, 5) is 25.2. The lowest BCUT2D eigenvalue weighted by Gasteiger charge is -2.34. The molecule has 1 amide bonds. The highest BCUT2D eigenvalue weighted by molar-refractivity contribution is 5.79. The Bertz CT molecular complexity index is 1100. The lowest BCUT2D eigenvalue weighted by molar-refractivity contribution is -0.125. The van der Waals surface area contributed by atoms with Crippen LogP contribution in [0.1, 0.15) is 47.5 Å². The van der Waals surface area contributed by atoms with Crippen LogP contribution in [0.3, 0.4) is 0 Å². The van der Waals surface area contributed by atoms with Crippen molar-refractivity contribution >= 4 is 11.7 Å². The summed E-state index contributed by atoms with van der Waals surface area (Å²) in [6.07, 6.45) is 5.04. The average Bonchev–Trinajstić information content (AvgIpc) is 3.43. The number of aromatic nitrogens is 4. The first-order valence-electron chi connectivity index (χ1n) is 11.6. The molecule has 32 heavy (non-hydrogen) atoms. The molecule has 0 saturated carbocycles. The third-order valence-corrected chi connectivity index (χ3v) is 6.76. The number of nitrogens with zero attached hydrogens (tertiary/aromatic N) is 4. The maximum absolute atomic E-state index is 13.0. The Balaban J connectivity index is 1.35. The number of carbonyl (C=O) groups excluding carboxylic acids is 1. The van der Waals surface area contributed by atoms with Crippen LogP contribution in [0.4, 0.5) is 5.82 Å². The van der Waals surface area contributed by atoms with E-state index in [0.717, 1.165) is 72.8 Å². The summed E-state index contributed by atoms with van der Waals surface area (Å²) in [7, 11) is 0. The number of H-pyrrole nitrogens is 1. The van der Waals surface area contributed by atoms with Crippen molar-refractivity contribution in [2.24, 2.45) is 5.92 Å². The molecule has 2 aliphatic rings. The Morgan fingerprint density at radius 1 is 1.16 bits per heavy atom. The predicted molar refractivity (Wildman–Crippen MR) is 124 cm³/mol. The van der Waals surface area contributed by atoms with Gasteiger partial charge in [-0.25, -0.2) is 9.97 Å². The number of aryl methyl sites for hydroxylation is 3. The van der Waals surface area contributed by atoms with Gasteiger partial charge in [0, 0.05) is 47.7 Å². The summed E-state index contributed by atoms with van der Waals surface area (Å²) < 4.78 is 0. The van der Waals surface area contributed by atoms with Crippen molar-refractivity contribution in [3.05, 3.63) is 58.5 Å². The number of fused-ring (bicyclic) bond motifs is 1. The van der Waals surface area contributed by atoms with E-state index in [-0.39, 0.29) is 11.8 Å². The van der Waals surface area contributed by atoms with Gasteiger partial charge in [0.25, 0.3) is 0 Å². The van der Waals surface area contributed by atoms with E-state index in [1.54, 1.807) is 0 Å². The molecule has 166 valence electrons. The molecule has 1 aliphatic heterocycles. The fraction of sp³-hybridized carbons (Fsp3) is 0.440. The Hall–Kier alpha value is -3.22. The summed E-state index contributed by atoms with van der Waals surface area (Å²) in [5.41, 5.74) is 6.52. The van der Waals surface area contributed by atoms with Gasteiger partial charge in [-0.1, -0.05) is 30.3 Å². The Morgan fingerprint density at radius 2 is 2.00 bits per heavy atom. The van der Waals surface area contributed by atoms with Crippen molar-refractivity contribution in [3.63, 3.8) is 0 Å². The monoisotopic (exact) mass is 430 g/mol. The van der Waals surface area contributed by atoms with Gasteiger partial charge in [-0.15, -0.1) is 0 Å². The van der Waals surface area contributed by atoms with Gasteiger partial charge in [-0.3, -0.25) is 9.89 Å². The average molecular weight is 431 g/mol. The highest BCUT2D eigenvalue weighted by Gasteiger charge is 2.30. The molecule has 5 rings (SSSR count). The molecular formula is C25H30N6O. The van der Waals surface area contributed by atoms with Gasteiger partial charge in [0.1, 0.15) is 5.82 Å². The standard InChI is InChI=1S/C25H30N6O/c1-16-21(17(2)30-29-16)14-26-25(32)19-10-7-13-31(15-19)24-20-11-6-12-22(20)27-23(28-24)18-8-4-3-5-9-18/h3-5,8-9,19H,6-7,10-15H2,1-2H3,(H,26,32)(H,29,30). The van der Waals surface area contributed by atoms with Crippen LogP contribution in [0.5, 0.6) is 0 Å². The van der Waals surface area contributed by atoms with Crippen molar-refractivity contribution < 1.29 is 4.79 Å². The van der Waals surface area contributed by atoms with Gasteiger partial charge < -0.3 is 10.2 Å². The Kier molecular flexibility index (Phi) is 5.64. The number of benzene rings is 1. The van der Waals surface area contributed by atoms with E-state index in [0.29, 0.717) is 13.1 Å². The van der Waals surface area contributed by atoms with Crippen molar-refractivity contribution in [2.45, 2.75) is 52.5 Å². The number of rotatable bonds is 5. The third-order valence-electron chi connectivity index (χ3n) is 6.76. The zero-order valence-corrected chi connectivity index (χ0v) is 18.8. The molecule has 0 spiro atoms. The zero-order chi connectivity index (χ0) is 22.1. The molecule has 0 bridgehead atoms. The maximum atomic E-state index is 13.0. The molecule has 2 N–H and O–H groups in total. The molecule has 7 heteroatoms. The number of hydrogen-bond acceptors (Lipinski definition) is 5. The van der Waals surface area contributed by atoms with Crippen LogP contribution in [0.15, 0.2) is 30.3 Å². The number of hydrogen-bond donors (Lipinski definition) is 2. The Morgan fingerprint density at radius 3 is 2.78 bits per heavy atom. The summed E-state index contributed by atoms with van der Waals surface area (Å²) in [5, 5.41) is 10.4. The molecule has 7 nitrogen and oxygen atoms in total. The van der Waals surface area contributed by atoms with Gasteiger partial charge in [0.2, 0.25) is 5.91 Å². The molecule has 1 atom stereocenters. The van der Waals surface area contributed by atoms with Crippen molar-refractivity contribution in [1.82, 2.24) is 25.5 Å². The summed E-state index contributed by atoms with van der Waals surface area (Å²) in [5.74, 6) is 1.90. The minimum Gasteiger partial charge on any atom is -0.355 e. The summed E-state index contributed by atoms with van der Waals surface area (Å²) in [6, 6.07) is 10.2. The van der Waals surface area contributed by atoms with Gasteiger partial charge in [0.05, 0.1) is 11.6 Å². The number of aromatic amines is 1. The summed E-state index contributed by atoms with van der Waals surface area (Å²) in [6.45, 7) is 6.11. The largest absolute Gasteiger partial charge is 0.355 e. The van der Waals surface area contributed by atoms with Crippen molar-refractivity contribution in [2.75, 3.05) is 18.0 Å². The molecule has 3 heterocycles. The number of anilines is 1. The molecule has 1 unspecified atom stereocenters. The van der Waals surface area contributed by atoms with Crippen LogP contribution in [0, 0.1) is 19.8 Å². The smallest absolute Gasteiger partial charge is 0.225 e. The van der Waals surface area contributed by atoms with Crippen LogP contribution >= 0.6 is 0 Å². The van der Waals surface area contributed by atoms with E-state index in [4.69, 9.17) is 9.97 Å². The Labute approximate surface area is 188 Å². The number of amides is 1. The molecule has 0 radical (unpaired) electrons. The van der Waals surface area contributed by atoms with E-state index in [9.17, 15) is 4.79 Å². The molecular weight excluding hydrogens is 400 g/mol. The van der Waals surface area contributed by atoms with Crippen LogP contribution in [0.2, 0.25) is 0 Å². The van der Waals surface area contributed by atoms with Crippen LogP contribution in [-0.2, 0) is 24.2 Å². The van der Waals surface area contributed by atoms with Crippen molar-refractivity contribution in [3.8, 4) is 11.4 Å². The highest BCUT2D eigenvalue weighted by atomic mass is 16.1. The van der Waals surface area contributed by atoms with Gasteiger partial charge in [-0.05, 0) is 46.0 Å². The first kappa shape index (κ1) is 20.7. The quantitative estimate of drug-likeness (QED) is 0.647. The first-order chi connectivity index (χ1) is 15.6. The van der Waals surface area contributed by atoms with Gasteiger partial charge in [0.15, 0.2) is 5.82 Å². The number of piperidine rings is 1. The molecule has 1 fully saturated rings. The maximum Gasteiger partial charge on any atom is 0.225 e. The minimum atomic E-state index is -0.0385. The van der Waals surface area contributed by atoms with E-state index >= 15 is 0 Å². The molecule has 2 aromatic heterocycles. The lowest BCUT2D eigenvalue weighted by Crippen LogP contribution is -2.43. The highest BCUT2D eigenvalue weighted by Crippen LogP contribution is 2.33. The normalized spacial score (nSPS) is 17.9. The van der Waals surface area contributed by atoms with Crippen LogP contribution < -0.4 is 10.2 Å². The van der Waals surface area contributed by atoms with Crippen molar-refractivity contribution in [1.29, 1.82) is 0 Å². The van der Waals surface area contributed by atoms with Gasteiger partial charge in [-0.2, -0.15) is 5.10 Å². The van der Waals surface area contributed by atoms with Gasteiger partial charge >= 0.3 is 0 Å². The molecule has 1 aromatic carbocycles. The second-order valence-corrected chi connectivity index (χ2v) is 8.93. The fourth-order valence-electron chi connectivity index (χ4n) is 4.93.